The van der Waals surface area contributed by atoms with E-state index in [2.05, 4.69) is 0 Å². The highest BCUT2D eigenvalue weighted by Gasteiger charge is 2.42. The molecule has 0 bridgehead atoms. The van der Waals surface area contributed by atoms with Crippen LogP contribution in [0.25, 0.3) is 0 Å². The molecule has 142 valence electrons. The maximum Gasteiger partial charge on any atom is 0.343 e. The topological polar surface area (TPSA) is 57.7 Å². The van der Waals surface area contributed by atoms with Crippen LogP contribution in [0.2, 0.25) is 10.0 Å². The minimum atomic E-state index is -4.08. The number of anilines is 2. The third-order valence-corrected chi connectivity index (χ3v) is 6.57. The monoisotopic (exact) mass is 432 g/mol. The molecular weight excluding hydrogens is 419 g/mol. The van der Waals surface area contributed by atoms with Crippen molar-refractivity contribution >= 4 is 50.6 Å². The summed E-state index contributed by atoms with van der Waals surface area (Å²) in [6.07, 6.45) is 0. The Balaban J connectivity index is 1.88. The van der Waals surface area contributed by atoms with E-state index in [1.165, 1.54) is 23.1 Å². The molecule has 0 radical (unpaired) electrons. The highest BCUT2D eigenvalue weighted by Crippen LogP contribution is 2.38. The van der Waals surface area contributed by atoms with E-state index in [9.17, 15) is 13.2 Å². The molecule has 0 saturated heterocycles. The summed E-state index contributed by atoms with van der Waals surface area (Å²) >= 11 is 12.1. The number of carbonyl (C=O) groups excluding carboxylic acids is 1. The summed E-state index contributed by atoms with van der Waals surface area (Å²) in [5.41, 5.74) is 1.29. The minimum absolute atomic E-state index is 0.0524. The lowest BCUT2D eigenvalue weighted by Crippen LogP contribution is -2.50. The number of carbonyl (C=O) groups is 1. The number of halogens is 2. The van der Waals surface area contributed by atoms with Crippen molar-refractivity contribution in [3.63, 3.8) is 0 Å². The quantitative estimate of drug-likeness (QED) is 0.561. The SMILES string of the molecule is O=C1N(Cc2cccc(Cl)c2)c2ccccc2S(=O)(=O)N1c1cccc(Cl)c1. The van der Waals surface area contributed by atoms with Crippen LogP contribution in [0, 0.1) is 0 Å². The van der Waals surface area contributed by atoms with Gasteiger partial charge in [-0.1, -0.05) is 53.5 Å². The van der Waals surface area contributed by atoms with Crippen LogP contribution in [0.5, 0.6) is 0 Å². The van der Waals surface area contributed by atoms with Gasteiger partial charge < -0.3 is 0 Å². The number of nitrogens with zero attached hydrogens (tertiary/aromatic N) is 2. The second-order valence-corrected chi connectivity index (χ2v) is 8.84. The number of benzene rings is 3. The zero-order chi connectivity index (χ0) is 19.9. The molecule has 0 saturated carbocycles. The standard InChI is InChI=1S/C20H14Cl2N2O3S/c21-15-6-3-5-14(11-15)13-23-18-9-1-2-10-19(18)28(26,27)24(20(23)25)17-8-4-7-16(22)12-17/h1-12H,13H2. The number of fused-ring (bicyclic) bond motifs is 1. The van der Waals surface area contributed by atoms with Crippen molar-refractivity contribution in [1.29, 1.82) is 0 Å². The molecule has 3 aromatic rings. The Kier molecular flexibility index (Phi) is 4.79. The Labute approximate surface area is 172 Å². The fraction of sp³-hybridized carbons (Fsp3) is 0.0500. The fourth-order valence-electron chi connectivity index (χ4n) is 3.13. The largest absolute Gasteiger partial charge is 0.343 e. The van der Waals surface area contributed by atoms with Crippen LogP contribution in [0.1, 0.15) is 5.56 Å². The molecular formula is C20H14Cl2N2O3S. The van der Waals surface area contributed by atoms with Crippen molar-refractivity contribution < 1.29 is 13.2 Å². The van der Waals surface area contributed by atoms with Gasteiger partial charge in [-0.2, -0.15) is 4.31 Å². The first kappa shape index (κ1) is 18.8. The van der Waals surface area contributed by atoms with Gasteiger partial charge in [0.05, 0.1) is 17.9 Å². The van der Waals surface area contributed by atoms with E-state index in [1.54, 1.807) is 48.5 Å². The molecule has 0 fully saturated rings. The van der Waals surface area contributed by atoms with Gasteiger partial charge in [-0.05, 0) is 48.0 Å². The smallest absolute Gasteiger partial charge is 0.287 e. The van der Waals surface area contributed by atoms with Crippen LogP contribution in [0.15, 0.2) is 77.7 Å². The van der Waals surface area contributed by atoms with Gasteiger partial charge in [-0.25, -0.2) is 13.2 Å². The van der Waals surface area contributed by atoms with Crippen molar-refractivity contribution in [3.8, 4) is 0 Å². The van der Waals surface area contributed by atoms with E-state index >= 15 is 0 Å². The Morgan fingerprint density at radius 2 is 1.50 bits per heavy atom. The summed E-state index contributed by atoms with van der Waals surface area (Å²) in [7, 11) is -4.08. The Morgan fingerprint density at radius 3 is 2.21 bits per heavy atom. The fourth-order valence-corrected chi connectivity index (χ4v) is 5.12. The van der Waals surface area contributed by atoms with E-state index in [1.807, 2.05) is 6.07 Å². The van der Waals surface area contributed by atoms with Gasteiger partial charge in [-0.15, -0.1) is 0 Å². The molecule has 1 aliphatic heterocycles. The molecule has 0 unspecified atom stereocenters. The number of hydrogen-bond acceptors (Lipinski definition) is 3. The Morgan fingerprint density at radius 1 is 0.821 bits per heavy atom. The van der Waals surface area contributed by atoms with Gasteiger partial charge in [0.2, 0.25) is 0 Å². The normalized spacial score (nSPS) is 15.4. The summed E-state index contributed by atoms with van der Waals surface area (Å²) in [5, 5.41) is 0.871. The second-order valence-electron chi connectivity index (χ2n) is 6.22. The van der Waals surface area contributed by atoms with E-state index in [-0.39, 0.29) is 17.1 Å². The number of urea groups is 1. The van der Waals surface area contributed by atoms with Crippen LogP contribution in [-0.2, 0) is 16.6 Å². The van der Waals surface area contributed by atoms with E-state index in [0.29, 0.717) is 15.7 Å². The number of amides is 2. The minimum Gasteiger partial charge on any atom is -0.287 e. The van der Waals surface area contributed by atoms with Crippen molar-refractivity contribution in [2.24, 2.45) is 0 Å². The second kappa shape index (κ2) is 7.13. The van der Waals surface area contributed by atoms with Crippen LogP contribution < -0.4 is 9.21 Å². The number of hydrogen-bond donors (Lipinski definition) is 0. The molecule has 0 atom stereocenters. The molecule has 0 spiro atoms. The number of sulfonamides is 1. The molecule has 8 heteroatoms. The lowest BCUT2D eigenvalue weighted by molar-refractivity contribution is 0.253. The number of para-hydroxylation sites is 1. The Hall–Kier alpha value is -2.54. The first-order valence-electron chi connectivity index (χ1n) is 8.34. The molecule has 28 heavy (non-hydrogen) atoms. The van der Waals surface area contributed by atoms with Crippen molar-refractivity contribution in [2.45, 2.75) is 11.4 Å². The van der Waals surface area contributed by atoms with E-state index < -0.39 is 16.1 Å². The molecule has 1 aliphatic rings. The van der Waals surface area contributed by atoms with E-state index in [0.717, 1.165) is 9.87 Å². The molecule has 3 aromatic carbocycles. The van der Waals surface area contributed by atoms with Crippen LogP contribution >= 0.6 is 23.2 Å². The summed E-state index contributed by atoms with van der Waals surface area (Å²) in [5.74, 6) is 0. The first-order valence-corrected chi connectivity index (χ1v) is 10.5. The molecule has 4 rings (SSSR count). The maximum absolute atomic E-state index is 13.3. The predicted molar refractivity (Wildman–Crippen MR) is 111 cm³/mol. The van der Waals surface area contributed by atoms with Gasteiger partial charge in [0.25, 0.3) is 10.0 Å². The highest BCUT2D eigenvalue weighted by atomic mass is 35.5. The summed E-state index contributed by atoms with van der Waals surface area (Å²) < 4.78 is 27.2. The third-order valence-electron chi connectivity index (χ3n) is 4.35. The lowest BCUT2D eigenvalue weighted by atomic mass is 10.2. The van der Waals surface area contributed by atoms with Crippen LogP contribution in [-0.4, -0.2) is 14.4 Å². The molecule has 5 nitrogen and oxygen atoms in total. The van der Waals surface area contributed by atoms with Gasteiger partial charge in [0.1, 0.15) is 4.90 Å². The summed E-state index contributed by atoms with van der Waals surface area (Å²) in [6, 6.07) is 19.0. The van der Waals surface area contributed by atoms with Gasteiger partial charge in [-0.3, -0.25) is 4.90 Å². The summed E-state index contributed by atoms with van der Waals surface area (Å²) in [6.45, 7) is 0.170. The highest BCUT2D eigenvalue weighted by molar-refractivity contribution is 7.94. The average molecular weight is 433 g/mol. The Bertz CT molecular complexity index is 1180. The predicted octanol–water partition coefficient (Wildman–Crippen LogP) is 5.33. The molecule has 1 heterocycles. The molecule has 2 amide bonds. The molecule has 0 aromatic heterocycles. The van der Waals surface area contributed by atoms with Gasteiger partial charge in [0.15, 0.2) is 0 Å². The first-order chi connectivity index (χ1) is 13.4. The number of rotatable bonds is 3. The summed E-state index contributed by atoms with van der Waals surface area (Å²) in [4.78, 5) is 14.8. The zero-order valence-electron chi connectivity index (χ0n) is 14.4. The molecule has 0 aliphatic carbocycles. The van der Waals surface area contributed by atoms with E-state index in [4.69, 9.17) is 23.2 Å². The van der Waals surface area contributed by atoms with Crippen molar-refractivity contribution in [1.82, 2.24) is 0 Å². The van der Waals surface area contributed by atoms with Crippen LogP contribution in [0.3, 0.4) is 0 Å². The lowest BCUT2D eigenvalue weighted by Gasteiger charge is -2.36. The van der Waals surface area contributed by atoms with Crippen molar-refractivity contribution in [3.05, 3.63) is 88.4 Å². The maximum atomic E-state index is 13.3. The van der Waals surface area contributed by atoms with Crippen LogP contribution in [0.4, 0.5) is 16.2 Å². The van der Waals surface area contributed by atoms with Crippen molar-refractivity contribution in [2.75, 3.05) is 9.21 Å². The third kappa shape index (κ3) is 3.24. The zero-order valence-corrected chi connectivity index (χ0v) is 16.7. The van der Waals surface area contributed by atoms with Gasteiger partial charge >= 0.3 is 6.03 Å². The average Bonchev–Trinajstić information content (AvgIpc) is 2.65. The molecule has 0 N–H and O–H groups in total. The van der Waals surface area contributed by atoms with Gasteiger partial charge in [0, 0.05) is 10.0 Å².